The zero-order chi connectivity index (χ0) is 18.5. The summed E-state index contributed by atoms with van der Waals surface area (Å²) >= 11 is 0. The highest BCUT2D eigenvalue weighted by molar-refractivity contribution is 5.94. The maximum Gasteiger partial charge on any atom is 0.339 e. The van der Waals surface area contributed by atoms with Crippen molar-refractivity contribution in [2.45, 2.75) is 85.2 Å². The molecule has 0 amide bonds. The van der Waals surface area contributed by atoms with Gasteiger partial charge in [-0.25, -0.2) is 4.79 Å². The van der Waals surface area contributed by atoms with Gasteiger partial charge in [0.2, 0.25) is 0 Å². The molecule has 3 heteroatoms. The molecule has 1 aromatic rings. The Morgan fingerprint density at radius 1 is 0.958 bits per heavy atom. The fourth-order valence-corrected chi connectivity index (χ4v) is 3.14. The van der Waals surface area contributed by atoms with Crippen molar-refractivity contribution in [1.29, 1.82) is 0 Å². The summed E-state index contributed by atoms with van der Waals surface area (Å²) in [6.07, 6.45) is 2.49. The molecule has 24 heavy (non-hydrogen) atoms. The second kappa shape index (κ2) is 8.55. The average molecular weight is 335 g/mol. The minimum atomic E-state index is -0.375. The second-order valence-corrected chi connectivity index (χ2v) is 7.12. The monoisotopic (exact) mass is 334 g/mol. The molecule has 1 aromatic carbocycles. The van der Waals surface area contributed by atoms with Crippen molar-refractivity contribution in [3.8, 4) is 5.75 Å². The zero-order valence-corrected chi connectivity index (χ0v) is 16.7. The van der Waals surface area contributed by atoms with E-state index >= 15 is 0 Å². The number of hydrogen-bond donors (Lipinski definition) is 0. The molecule has 1 rings (SSSR count). The molecule has 0 aliphatic heterocycles. The van der Waals surface area contributed by atoms with Crippen LogP contribution in [0.15, 0.2) is 12.1 Å². The number of hydrogen-bond acceptors (Lipinski definition) is 3. The van der Waals surface area contributed by atoms with Gasteiger partial charge in [-0.1, -0.05) is 48.5 Å². The van der Waals surface area contributed by atoms with Crippen LogP contribution in [0.4, 0.5) is 0 Å². The van der Waals surface area contributed by atoms with Crippen molar-refractivity contribution in [3.63, 3.8) is 0 Å². The molecule has 136 valence electrons. The average Bonchev–Trinajstić information content (AvgIpc) is 2.58. The SMILES string of the molecule is CCC(CC)(CC)OC(=O)c1c(C(C)C)cc(OC)cc1C(C)C. The van der Waals surface area contributed by atoms with Crippen LogP contribution in [0.5, 0.6) is 5.75 Å². The summed E-state index contributed by atoms with van der Waals surface area (Å²) < 4.78 is 11.5. The van der Waals surface area contributed by atoms with Crippen molar-refractivity contribution >= 4 is 5.97 Å². The van der Waals surface area contributed by atoms with E-state index in [0.717, 1.165) is 41.7 Å². The summed E-state index contributed by atoms with van der Waals surface area (Å²) in [4.78, 5) is 13.1. The fourth-order valence-electron chi connectivity index (χ4n) is 3.14. The summed E-state index contributed by atoms with van der Waals surface area (Å²) in [6, 6.07) is 3.94. The maximum absolute atomic E-state index is 13.1. The highest BCUT2D eigenvalue weighted by atomic mass is 16.6. The number of benzene rings is 1. The third-order valence-corrected chi connectivity index (χ3v) is 5.10. The molecule has 0 fully saturated rings. The number of methoxy groups -OCH3 is 1. The first-order valence-electron chi connectivity index (χ1n) is 9.20. The lowest BCUT2D eigenvalue weighted by molar-refractivity contribution is -0.0252. The molecule has 0 spiro atoms. The van der Waals surface area contributed by atoms with Gasteiger partial charge in [-0.05, 0) is 54.4 Å². The van der Waals surface area contributed by atoms with Crippen LogP contribution in [-0.4, -0.2) is 18.7 Å². The van der Waals surface area contributed by atoms with E-state index in [1.165, 1.54) is 0 Å². The quantitative estimate of drug-likeness (QED) is 0.541. The van der Waals surface area contributed by atoms with Crippen molar-refractivity contribution in [3.05, 3.63) is 28.8 Å². The molecule has 0 saturated carbocycles. The van der Waals surface area contributed by atoms with Gasteiger partial charge in [-0.15, -0.1) is 0 Å². The van der Waals surface area contributed by atoms with Gasteiger partial charge < -0.3 is 9.47 Å². The lowest BCUT2D eigenvalue weighted by Gasteiger charge is -2.31. The molecule has 0 aromatic heterocycles. The number of carbonyl (C=O) groups is 1. The van der Waals surface area contributed by atoms with Crippen LogP contribution in [0, 0.1) is 0 Å². The van der Waals surface area contributed by atoms with Crippen LogP contribution >= 0.6 is 0 Å². The summed E-state index contributed by atoms with van der Waals surface area (Å²) in [5.74, 6) is 1.04. The van der Waals surface area contributed by atoms with E-state index in [9.17, 15) is 4.79 Å². The van der Waals surface area contributed by atoms with Crippen molar-refractivity contribution < 1.29 is 14.3 Å². The first-order chi connectivity index (χ1) is 11.2. The minimum Gasteiger partial charge on any atom is -0.497 e. The van der Waals surface area contributed by atoms with Crippen LogP contribution < -0.4 is 4.74 Å². The molecule has 0 heterocycles. The number of esters is 1. The van der Waals surface area contributed by atoms with Crippen LogP contribution in [0.3, 0.4) is 0 Å². The maximum atomic E-state index is 13.1. The third-order valence-electron chi connectivity index (χ3n) is 5.10. The Kier molecular flexibility index (Phi) is 7.31. The second-order valence-electron chi connectivity index (χ2n) is 7.12. The van der Waals surface area contributed by atoms with E-state index in [1.54, 1.807) is 7.11 Å². The summed E-state index contributed by atoms with van der Waals surface area (Å²) in [6.45, 7) is 14.7. The normalized spacial score (nSPS) is 11.9. The van der Waals surface area contributed by atoms with Crippen LogP contribution in [-0.2, 0) is 4.74 Å². The van der Waals surface area contributed by atoms with Gasteiger partial charge in [-0.2, -0.15) is 0 Å². The summed E-state index contributed by atoms with van der Waals surface area (Å²) in [5.41, 5.74) is 2.35. The number of carbonyl (C=O) groups excluding carboxylic acids is 1. The lowest BCUT2D eigenvalue weighted by Crippen LogP contribution is -2.34. The van der Waals surface area contributed by atoms with E-state index < -0.39 is 0 Å². The Bertz CT molecular complexity index is 517. The van der Waals surface area contributed by atoms with E-state index in [0.29, 0.717) is 0 Å². The van der Waals surface area contributed by atoms with Gasteiger partial charge in [-0.3, -0.25) is 0 Å². The highest BCUT2D eigenvalue weighted by Gasteiger charge is 2.32. The van der Waals surface area contributed by atoms with E-state index in [4.69, 9.17) is 9.47 Å². The summed E-state index contributed by atoms with van der Waals surface area (Å²) in [5, 5.41) is 0. The first-order valence-corrected chi connectivity index (χ1v) is 9.20. The molecule has 0 unspecified atom stereocenters. The largest absolute Gasteiger partial charge is 0.497 e. The predicted octanol–water partition coefficient (Wildman–Crippen LogP) is 6.07. The third kappa shape index (κ3) is 4.31. The Balaban J connectivity index is 3.47. The smallest absolute Gasteiger partial charge is 0.339 e. The molecule has 0 N–H and O–H groups in total. The Morgan fingerprint density at radius 3 is 1.67 bits per heavy atom. The van der Waals surface area contributed by atoms with Crippen LogP contribution in [0.25, 0.3) is 0 Å². The Morgan fingerprint density at radius 2 is 1.38 bits per heavy atom. The molecule has 3 nitrogen and oxygen atoms in total. The molecular formula is C21H34O3. The zero-order valence-electron chi connectivity index (χ0n) is 16.7. The number of ether oxygens (including phenoxy) is 2. The predicted molar refractivity (Wildman–Crippen MR) is 100 cm³/mol. The van der Waals surface area contributed by atoms with Gasteiger partial charge in [0.15, 0.2) is 0 Å². The van der Waals surface area contributed by atoms with Gasteiger partial charge >= 0.3 is 5.97 Å². The molecule has 0 aliphatic rings. The van der Waals surface area contributed by atoms with Gasteiger partial charge in [0.05, 0.1) is 12.7 Å². The topological polar surface area (TPSA) is 35.5 Å². The lowest BCUT2D eigenvalue weighted by atomic mass is 9.87. The van der Waals surface area contributed by atoms with E-state index in [-0.39, 0.29) is 23.4 Å². The van der Waals surface area contributed by atoms with E-state index in [1.807, 2.05) is 12.1 Å². The molecule has 0 atom stereocenters. The number of rotatable bonds is 8. The van der Waals surface area contributed by atoms with Crippen molar-refractivity contribution in [2.75, 3.05) is 7.11 Å². The fraction of sp³-hybridized carbons (Fsp3) is 0.667. The van der Waals surface area contributed by atoms with Crippen LogP contribution in [0.1, 0.15) is 101 Å². The van der Waals surface area contributed by atoms with Gasteiger partial charge in [0.25, 0.3) is 0 Å². The Hall–Kier alpha value is -1.51. The molecule has 0 saturated heterocycles. The Labute approximate surface area is 147 Å². The standard InChI is InChI=1S/C21H34O3/c1-9-21(10-2,11-3)24-20(22)19-17(14(4)5)12-16(23-8)13-18(19)15(6)7/h12-15H,9-11H2,1-8H3. The molecule has 0 radical (unpaired) electrons. The highest BCUT2D eigenvalue weighted by Crippen LogP contribution is 2.35. The molecule has 0 bridgehead atoms. The van der Waals surface area contributed by atoms with Gasteiger partial charge in [0.1, 0.15) is 11.4 Å². The van der Waals surface area contributed by atoms with E-state index in [2.05, 4.69) is 48.5 Å². The molecular weight excluding hydrogens is 300 g/mol. The minimum absolute atomic E-state index is 0.199. The van der Waals surface area contributed by atoms with Crippen LogP contribution in [0.2, 0.25) is 0 Å². The van der Waals surface area contributed by atoms with Gasteiger partial charge in [0, 0.05) is 0 Å². The first kappa shape index (κ1) is 20.5. The molecule has 0 aliphatic carbocycles. The van der Waals surface area contributed by atoms with Crippen molar-refractivity contribution in [2.24, 2.45) is 0 Å². The van der Waals surface area contributed by atoms with Crippen molar-refractivity contribution in [1.82, 2.24) is 0 Å². The summed E-state index contributed by atoms with van der Waals surface area (Å²) in [7, 11) is 1.66.